The highest BCUT2D eigenvalue weighted by molar-refractivity contribution is 5.66. The van der Waals surface area contributed by atoms with Gasteiger partial charge in [0.1, 0.15) is 6.61 Å². The number of unbranched alkanes of at least 4 members (excludes halogenated alkanes) is 5. The Kier molecular flexibility index (Phi) is 21.3. The van der Waals surface area contributed by atoms with Crippen LogP contribution in [0.15, 0.2) is 10.3 Å². The van der Waals surface area contributed by atoms with Crippen molar-refractivity contribution in [3.05, 3.63) is 4.91 Å². The van der Waals surface area contributed by atoms with Crippen molar-refractivity contribution < 1.29 is 14.7 Å². The fourth-order valence-corrected chi connectivity index (χ4v) is 1.31. The lowest BCUT2D eigenvalue weighted by atomic mass is 10.1. The molecule has 0 aliphatic carbocycles. The summed E-state index contributed by atoms with van der Waals surface area (Å²) in [6, 6.07) is 0. The maximum atomic E-state index is 9.47. The summed E-state index contributed by atoms with van der Waals surface area (Å²) in [4.78, 5) is 27.0. The highest BCUT2D eigenvalue weighted by atomic mass is 16.7. The molecule has 0 atom stereocenters. The number of carboxylic acids is 1. The molecule has 1 rings (SSSR count). The maximum Gasteiger partial charge on any atom is 0.303 e. The Morgan fingerprint density at radius 2 is 1.90 bits per heavy atom. The second-order valence-electron chi connectivity index (χ2n) is 4.41. The highest BCUT2D eigenvalue weighted by Gasteiger charge is 1.89. The molecule has 7 heteroatoms. The molecule has 0 unspecified atom stereocenters. The van der Waals surface area contributed by atoms with Crippen molar-refractivity contribution in [1.82, 2.24) is 5.32 Å². The first-order valence-corrected chi connectivity index (χ1v) is 7.57. The number of aliphatic carboxylic acids is 1. The molecule has 0 bridgehead atoms. The summed E-state index contributed by atoms with van der Waals surface area (Å²) in [6.45, 7) is 6.26. The fraction of sp³-hybridized carbons (Fsp3) is 0.857. The van der Waals surface area contributed by atoms with E-state index >= 15 is 0 Å². The van der Waals surface area contributed by atoms with Crippen LogP contribution >= 0.6 is 0 Å². The zero-order valence-electron chi connectivity index (χ0n) is 13.2. The van der Waals surface area contributed by atoms with Crippen molar-refractivity contribution in [3.8, 4) is 0 Å². The van der Waals surface area contributed by atoms with Crippen molar-refractivity contribution in [2.24, 2.45) is 10.3 Å². The molecule has 0 fully saturated rings. The van der Waals surface area contributed by atoms with E-state index in [0.717, 1.165) is 25.9 Å². The number of rotatable bonds is 9. The molecular weight excluding hydrogens is 274 g/mol. The van der Waals surface area contributed by atoms with Crippen LogP contribution in [0, 0.1) is 4.91 Å². The lowest BCUT2D eigenvalue weighted by Crippen LogP contribution is -2.04. The zero-order valence-corrected chi connectivity index (χ0v) is 13.2. The molecule has 2 N–H and O–H groups in total. The first-order chi connectivity index (χ1) is 10.2. The number of nitrogens with one attached hydrogen (secondary N) is 1. The Morgan fingerprint density at radius 3 is 2.29 bits per heavy atom. The van der Waals surface area contributed by atoms with Crippen molar-refractivity contribution in [3.63, 3.8) is 0 Å². The van der Waals surface area contributed by atoms with Gasteiger partial charge in [-0.25, -0.2) is 0 Å². The van der Waals surface area contributed by atoms with Gasteiger partial charge in [-0.3, -0.25) is 9.79 Å². The first-order valence-electron chi connectivity index (χ1n) is 7.57. The van der Waals surface area contributed by atoms with Crippen LogP contribution in [0.2, 0.25) is 0 Å². The summed E-state index contributed by atoms with van der Waals surface area (Å²) in [5.41, 5.74) is 0. The van der Waals surface area contributed by atoms with E-state index in [0.29, 0.717) is 6.61 Å². The molecule has 21 heavy (non-hydrogen) atoms. The number of carbonyl (C=O) groups is 1. The Morgan fingerprint density at radius 1 is 1.29 bits per heavy atom. The quantitative estimate of drug-likeness (QED) is 0.387. The van der Waals surface area contributed by atoms with Gasteiger partial charge in [0.05, 0.1) is 12.9 Å². The van der Waals surface area contributed by atoms with E-state index in [1.807, 2.05) is 0 Å². The van der Waals surface area contributed by atoms with Gasteiger partial charge in [-0.05, 0) is 12.8 Å². The van der Waals surface area contributed by atoms with Crippen LogP contribution in [-0.4, -0.2) is 37.1 Å². The van der Waals surface area contributed by atoms with E-state index in [4.69, 9.17) is 5.11 Å². The number of aliphatic imine (C=N–C) groups is 1. The first kappa shape index (κ1) is 21.6. The Hall–Kier alpha value is -1.66. The maximum absolute atomic E-state index is 9.47. The third-order valence-corrected chi connectivity index (χ3v) is 2.51. The average molecular weight is 303 g/mol. The standard InChI is InChI=1S/C8H17NO2.C3H6N2.C3H6O2/c1-2-3-4-5-6-7-8-11-9-10;1-2-5-3-4-1;1-2-3(4)5/h2-8H2,1H3;3H,1-2H2,(H,4,5);2H2,1H3,(H,4,5). The molecule has 0 saturated carbocycles. The van der Waals surface area contributed by atoms with Crippen LogP contribution < -0.4 is 5.32 Å². The molecule has 0 amide bonds. The summed E-state index contributed by atoms with van der Waals surface area (Å²) in [6.07, 6.45) is 9.19. The molecule has 1 aliphatic rings. The number of hydrogen-bond acceptors (Lipinski definition) is 6. The van der Waals surface area contributed by atoms with Gasteiger partial charge in [0.15, 0.2) is 5.34 Å². The molecule has 7 nitrogen and oxygen atoms in total. The molecule has 1 heterocycles. The van der Waals surface area contributed by atoms with E-state index in [1.54, 1.807) is 13.3 Å². The van der Waals surface area contributed by atoms with E-state index in [-0.39, 0.29) is 6.42 Å². The molecule has 0 radical (unpaired) electrons. The predicted molar refractivity (Wildman–Crippen MR) is 84.4 cm³/mol. The molecule has 0 saturated heterocycles. The van der Waals surface area contributed by atoms with Gasteiger partial charge >= 0.3 is 5.97 Å². The third-order valence-electron chi connectivity index (χ3n) is 2.51. The van der Waals surface area contributed by atoms with Crippen molar-refractivity contribution >= 4 is 12.3 Å². The van der Waals surface area contributed by atoms with Crippen LogP contribution in [0.4, 0.5) is 0 Å². The monoisotopic (exact) mass is 303 g/mol. The smallest absolute Gasteiger partial charge is 0.303 e. The lowest BCUT2D eigenvalue weighted by Gasteiger charge is -1.97. The summed E-state index contributed by atoms with van der Waals surface area (Å²) >= 11 is 0. The van der Waals surface area contributed by atoms with Crippen LogP contribution in [0.25, 0.3) is 0 Å². The minimum absolute atomic E-state index is 0.222. The number of hydrogen-bond donors (Lipinski definition) is 2. The lowest BCUT2D eigenvalue weighted by molar-refractivity contribution is -0.136. The van der Waals surface area contributed by atoms with Crippen molar-refractivity contribution in [2.45, 2.75) is 58.8 Å². The van der Waals surface area contributed by atoms with Crippen LogP contribution in [0.5, 0.6) is 0 Å². The van der Waals surface area contributed by atoms with Crippen LogP contribution in [0.1, 0.15) is 58.8 Å². The molecule has 0 aromatic rings. The van der Waals surface area contributed by atoms with Gasteiger partial charge in [0.25, 0.3) is 0 Å². The van der Waals surface area contributed by atoms with E-state index < -0.39 is 5.97 Å². The highest BCUT2D eigenvalue weighted by Crippen LogP contribution is 2.04. The van der Waals surface area contributed by atoms with Gasteiger partial charge in [-0.15, -0.1) is 4.91 Å². The summed E-state index contributed by atoms with van der Waals surface area (Å²) < 4.78 is 0. The SMILES string of the molecule is C1=NCCN1.CCC(=O)O.CCCCCCCCON=O. The Balaban J connectivity index is 0. The predicted octanol–water partition coefficient (Wildman–Crippen LogP) is 3.14. The van der Waals surface area contributed by atoms with Gasteiger partial charge < -0.3 is 15.3 Å². The summed E-state index contributed by atoms with van der Waals surface area (Å²) in [5.74, 6) is -0.745. The second-order valence-corrected chi connectivity index (χ2v) is 4.41. The zero-order chi connectivity index (χ0) is 16.2. The number of carboxylic acid groups (broad SMARTS) is 1. The molecule has 0 aromatic carbocycles. The molecule has 0 aromatic heterocycles. The molecule has 124 valence electrons. The van der Waals surface area contributed by atoms with E-state index in [1.165, 1.54) is 25.7 Å². The minimum Gasteiger partial charge on any atom is -0.481 e. The molecular formula is C14H29N3O4. The van der Waals surface area contributed by atoms with Gasteiger partial charge in [0, 0.05) is 13.0 Å². The summed E-state index contributed by atoms with van der Waals surface area (Å²) in [5, 5.41) is 13.0. The van der Waals surface area contributed by atoms with Crippen LogP contribution in [0.3, 0.4) is 0 Å². The van der Waals surface area contributed by atoms with E-state index in [9.17, 15) is 9.70 Å². The third kappa shape index (κ3) is 27.5. The number of nitrogens with zero attached hydrogens (tertiary/aromatic N) is 2. The second kappa shape index (κ2) is 20.7. The van der Waals surface area contributed by atoms with Gasteiger partial charge in [-0.1, -0.05) is 39.5 Å². The van der Waals surface area contributed by atoms with Gasteiger partial charge in [0.2, 0.25) is 0 Å². The molecule has 0 spiro atoms. The summed E-state index contributed by atoms with van der Waals surface area (Å²) in [7, 11) is 0. The minimum atomic E-state index is -0.745. The average Bonchev–Trinajstić information content (AvgIpc) is 3.06. The van der Waals surface area contributed by atoms with Crippen molar-refractivity contribution in [2.75, 3.05) is 19.7 Å². The Bertz CT molecular complexity index is 255. The topological polar surface area (TPSA) is 100 Å². The molecule has 1 aliphatic heterocycles. The van der Waals surface area contributed by atoms with Crippen molar-refractivity contribution in [1.29, 1.82) is 0 Å². The normalized spacial score (nSPS) is 11.3. The Labute approximate surface area is 127 Å². The largest absolute Gasteiger partial charge is 0.481 e. The fourth-order valence-electron chi connectivity index (χ4n) is 1.31. The van der Waals surface area contributed by atoms with Crippen LogP contribution in [-0.2, 0) is 9.63 Å². The van der Waals surface area contributed by atoms with E-state index in [2.05, 4.69) is 27.4 Å². The van der Waals surface area contributed by atoms with Gasteiger partial charge in [-0.2, -0.15) is 0 Å².